The van der Waals surface area contributed by atoms with Crippen molar-refractivity contribution in [3.8, 4) is 0 Å². The van der Waals surface area contributed by atoms with Crippen molar-refractivity contribution >= 4 is 17.1 Å². The van der Waals surface area contributed by atoms with Crippen LogP contribution in [0.5, 0.6) is 0 Å². The molecule has 88 valence electrons. The summed E-state index contributed by atoms with van der Waals surface area (Å²) in [6.45, 7) is 2.52. The van der Waals surface area contributed by atoms with Gasteiger partial charge in [-0.1, -0.05) is 0 Å². The molecule has 1 N–H and O–H groups in total. The second kappa shape index (κ2) is 5.52. The highest BCUT2D eigenvalue weighted by Gasteiger charge is 2.20. The van der Waals surface area contributed by atoms with E-state index >= 15 is 0 Å². The van der Waals surface area contributed by atoms with Crippen LogP contribution in [-0.4, -0.2) is 48.4 Å². The van der Waals surface area contributed by atoms with E-state index in [-0.39, 0.29) is 5.78 Å². The Labute approximate surface area is 99.7 Å². The van der Waals surface area contributed by atoms with E-state index < -0.39 is 0 Å². The first-order chi connectivity index (χ1) is 7.79. The predicted octanol–water partition coefficient (Wildman–Crippen LogP) is 1.01. The van der Waals surface area contributed by atoms with Gasteiger partial charge in [-0.05, 0) is 19.9 Å². The summed E-state index contributed by atoms with van der Waals surface area (Å²) < 4.78 is 0. The Morgan fingerprint density at radius 3 is 2.94 bits per heavy atom. The number of aromatic nitrogens is 1. The van der Waals surface area contributed by atoms with Gasteiger partial charge in [-0.25, -0.2) is 4.98 Å². The van der Waals surface area contributed by atoms with Gasteiger partial charge in [0.05, 0.1) is 6.54 Å². The fourth-order valence-corrected chi connectivity index (χ4v) is 2.58. The van der Waals surface area contributed by atoms with Gasteiger partial charge in [0.25, 0.3) is 0 Å². The molecule has 0 spiro atoms. The zero-order valence-corrected chi connectivity index (χ0v) is 10.3. The summed E-state index contributed by atoms with van der Waals surface area (Å²) in [5.74, 6) is 0.151. The molecule has 0 aromatic carbocycles. The molecule has 1 saturated heterocycles. The molecule has 5 heteroatoms. The maximum atomic E-state index is 11.8. The van der Waals surface area contributed by atoms with Crippen LogP contribution in [0.1, 0.15) is 22.6 Å². The molecule has 0 atom stereocenters. The molecule has 0 amide bonds. The van der Waals surface area contributed by atoms with Crippen molar-refractivity contribution in [2.45, 2.75) is 18.9 Å². The number of thiazole rings is 1. The van der Waals surface area contributed by atoms with E-state index in [4.69, 9.17) is 0 Å². The quantitative estimate of drug-likeness (QED) is 0.797. The molecule has 16 heavy (non-hydrogen) atoms. The number of rotatable bonds is 4. The van der Waals surface area contributed by atoms with Crippen LogP contribution in [0.25, 0.3) is 0 Å². The summed E-state index contributed by atoms with van der Waals surface area (Å²) in [6.07, 6.45) is 3.94. The van der Waals surface area contributed by atoms with Gasteiger partial charge in [-0.15, -0.1) is 11.3 Å². The van der Waals surface area contributed by atoms with Crippen LogP contribution in [-0.2, 0) is 0 Å². The lowest BCUT2D eigenvalue weighted by Gasteiger charge is -2.30. The summed E-state index contributed by atoms with van der Waals surface area (Å²) in [5.41, 5.74) is 0. The summed E-state index contributed by atoms with van der Waals surface area (Å²) in [5, 5.41) is 5.77. The molecule has 1 aliphatic rings. The Morgan fingerprint density at radius 1 is 1.62 bits per heavy atom. The Bertz CT molecular complexity index is 331. The molecule has 1 aromatic heterocycles. The molecule has 1 fully saturated rings. The maximum absolute atomic E-state index is 11.8. The largest absolute Gasteiger partial charge is 0.317 e. The van der Waals surface area contributed by atoms with Crippen LogP contribution in [0, 0.1) is 0 Å². The van der Waals surface area contributed by atoms with Crippen molar-refractivity contribution in [2.24, 2.45) is 0 Å². The zero-order chi connectivity index (χ0) is 11.4. The molecule has 1 aromatic rings. The maximum Gasteiger partial charge on any atom is 0.205 e. The SMILES string of the molecule is CNC1CCN(CC(=O)c2nccs2)CC1. The van der Waals surface area contributed by atoms with Gasteiger partial charge in [-0.2, -0.15) is 0 Å². The molecular formula is C11H17N3OS. The number of Topliss-reactive ketones (excluding diaryl/α,β-unsaturated/α-hetero) is 1. The van der Waals surface area contributed by atoms with Crippen molar-refractivity contribution in [1.29, 1.82) is 0 Å². The minimum absolute atomic E-state index is 0.151. The average Bonchev–Trinajstić information content (AvgIpc) is 2.83. The first kappa shape index (κ1) is 11.7. The van der Waals surface area contributed by atoms with Crippen molar-refractivity contribution in [3.05, 3.63) is 16.6 Å². The smallest absolute Gasteiger partial charge is 0.205 e. The number of carbonyl (C=O) groups is 1. The van der Waals surface area contributed by atoms with Crippen molar-refractivity contribution in [3.63, 3.8) is 0 Å². The van der Waals surface area contributed by atoms with Crippen LogP contribution >= 0.6 is 11.3 Å². The lowest BCUT2D eigenvalue weighted by molar-refractivity contribution is 0.0905. The summed E-state index contributed by atoms with van der Waals surface area (Å²) in [6, 6.07) is 0.617. The highest BCUT2D eigenvalue weighted by atomic mass is 32.1. The summed E-state index contributed by atoms with van der Waals surface area (Å²) >= 11 is 1.42. The van der Waals surface area contributed by atoms with Crippen LogP contribution in [0.15, 0.2) is 11.6 Å². The molecular weight excluding hydrogens is 222 g/mol. The zero-order valence-electron chi connectivity index (χ0n) is 9.48. The van der Waals surface area contributed by atoms with Gasteiger partial charge in [0, 0.05) is 30.7 Å². The van der Waals surface area contributed by atoms with E-state index in [0.717, 1.165) is 25.9 Å². The van der Waals surface area contributed by atoms with Crippen molar-refractivity contribution in [2.75, 3.05) is 26.7 Å². The Hall–Kier alpha value is -0.780. The van der Waals surface area contributed by atoms with Crippen LogP contribution in [0.4, 0.5) is 0 Å². The number of nitrogens with zero attached hydrogens (tertiary/aromatic N) is 2. The van der Waals surface area contributed by atoms with Gasteiger partial charge in [0.2, 0.25) is 5.78 Å². The first-order valence-corrected chi connectivity index (χ1v) is 6.50. The molecule has 1 aliphatic heterocycles. The van der Waals surface area contributed by atoms with Crippen molar-refractivity contribution < 1.29 is 4.79 Å². The van der Waals surface area contributed by atoms with E-state index in [9.17, 15) is 4.79 Å². The minimum atomic E-state index is 0.151. The van der Waals surface area contributed by atoms with Crippen LogP contribution in [0.2, 0.25) is 0 Å². The lowest BCUT2D eigenvalue weighted by atomic mass is 10.1. The Kier molecular flexibility index (Phi) is 4.04. The third-order valence-corrected chi connectivity index (χ3v) is 3.85. The van der Waals surface area contributed by atoms with Crippen molar-refractivity contribution in [1.82, 2.24) is 15.2 Å². The second-order valence-electron chi connectivity index (χ2n) is 4.10. The fourth-order valence-electron chi connectivity index (χ4n) is 2.01. The van der Waals surface area contributed by atoms with E-state index in [0.29, 0.717) is 17.6 Å². The van der Waals surface area contributed by atoms with Gasteiger partial charge < -0.3 is 5.32 Å². The highest BCUT2D eigenvalue weighted by molar-refractivity contribution is 7.11. The molecule has 2 heterocycles. The molecule has 4 nitrogen and oxygen atoms in total. The van der Waals surface area contributed by atoms with Crippen LogP contribution < -0.4 is 5.32 Å². The molecule has 0 radical (unpaired) electrons. The topological polar surface area (TPSA) is 45.2 Å². The first-order valence-electron chi connectivity index (χ1n) is 5.62. The number of carbonyl (C=O) groups excluding carboxylic acids is 1. The molecule has 0 bridgehead atoms. The van der Waals surface area contributed by atoms with E-state index in [1.54, 1.807) is 6.20 Å². The molecule has 0 aliphatic carbocycles. The number of ketones is 1. The second-order valence-corrected chi connectivity index (χ2v) is 4.99. The van der Waals surface area contributed by atoms with E-state index in [2.05, 4.69) is 15.2 Å². The Morgan fingerprint density at radius 2 is 2.38 bits per heavy atom. The number of hydrogen-bond donors (Lipinski definition) is 1. The number of likely N-dealkylation sites (tertiary alicyclic amines) is 1. The van der Waals surface area contributed by atoms with E-state index in [1.165, 1.54) is 11.3 Å². The third-order valence-electron chi connectivity index (χ3n) is 3.03. The number of nitrogens with one attached hydrogen (secondary N) is 1. The highest BCUT2D eigenvalue weighted by Crippen LogP contribution is 2.12. The van der Waals surface area contributed by atoms with Crippen LogP contribution in [0.3, 0.4) is 0 Å². The van der Waals surface area contributed by atoms with Gasteiger partial charge >= 0.3 is 0 Å². The molecule has 2 rings (SSSR count). The standard InChI is InChI=1S/C11H17N3OS/c1-12-9-2-5-14(6-3-9)8-10(15)11-13-4-7-16-11/h4,7,9,12H,2-3,5-6,8H2,1H3. The lowest BCUT2D eigenvalue weighted by Crippen LogP contribution is -2.43. The van der Waals surface area contributed by atoms with E-state index in [1.807, 2.05) is 12.4 Å². The number of piperidine rings is 1. The fraction of sp³-hybridized carbons (Fsp3) is 0.636. The van der Waals surface area contributed by atoms with Gasteiger partial charge in [-0.3, -0.25) is 9.69 Å². The predicted molar refractivity (Wildman–Crippen MR) is 65.0 cm³/mol. The molecule has 0 saturated carbocycles. The van der Waals surface area contributed by atoms with Gasteiger partial charge in [0.1, 0.15) is 0 Å². The monoisotopic (exact) mass is 239 g/mol. The average molecular weight is 239 g/mol. The summed E-state index contributed by atoms with van der Waals surface area (Å²) in [7, 11) is 2.00. The van der Waals surface area contributed by atoms with Gasteiger partial charge in [0.15, 0.2) is 5.01 Å². The Balaban J connectivity index is 1.81. The third kappa shape index (κ3) is 2.87. The summed E-state index contributed by atoms with van der Waals surface area (Å²) in [4.78, 5) is 18.1. The molecule has 0 unspecified atom stereocenters. The number of hydrogen-bond acceptors (Lipinski definition) is 5. The normalized spacial score (nSPS) is 18.8. The minimum Gasteiger partial charge on any atom is -0.317 e.